The summed E-state index contributed by atoms with van der Waals surface area (Å²) in [6.45, 7) is 6.53. The predicted molar refractivity (Wildman–Crippen MR) is 104 cm³/mol. The first-order valence-electron chi connectivity index (χ1n) is 9.01. The number of halogens is 1. The summed E-state index contributed by atoms with van der Waals surface area (Å²) < 4.78 is 14.3. The van der Waals surface area contributed by atoms with Gasteiger partial charge in [-0.05, 0) is 44.3 Å². The van der Waals surface area contributed by atoms with Crippen molar-refractivity contribution in [3.05, 3.63) is 53.6 Å². The number of pyridine rings is 1. The number of likely N-dealkylation sites (N-methyl/N-ethyl adjacent to an activating group) is 1. The summed E-state index contributed by atoms with van der Waals surface area (Å²) in [5.74, 6) is 0.823. The molecule has 26 heavy (non-hydrogen) atoms. The number of hydrogen-bond donors (Lipinski definition) is 2. The first-order valence-corrected chi connectivity index (χ1v) is 9.01. The second kappa shape index (κ2) is 6.96. The van der Waals surface area contributed by atoms with Gasteiger partial charge < -0.3 is 20.1 Å². The first-order chi connectivity index (χ1) is 12.6. The van der Waals surface area contributed by atoms with Crippen LogP contribution >= 0.6 is 0 Å². The largest absolute Gasteiger partial charge is 0.379 e. The maximum absolute atomic E-state index is 14.3. The van der Waals surface area contributed by atoms with E-state index in [0.29, 0.717) is 12.1 Å². The molecule has 1 aromatic carbocycles. The summed E-state index contributed by atoms with van der Waals surface area (Å²) in [6.07, 6.45) is 1.84. The number of anilines is 2. The fourth-order valence-corrected chi connectivity index (χ4v) is 3.48. The minimum atomic E-state index is -0.190. The van der Waals surface area contributed by atoms with E-state index < -0.39 is 0 Å². The van der Waals surface area contributed by atoms with Gasteiger partial charge in [0, 0.05) is 55.4 Å². The Kier molecular flexibility index (Phi) is 4.51. The number of fused-ring (bicyclic) bond motifs is 1. The standard InChI is InChI=1S/C20H24FN5/c1-14-18(5-6-20(24-14)26-11-9-25(2)10-12-26)23-13-16-15-7-8-22-19(15)4-3-17(16)21/h3-8,22-23H,9-13H2,1-2H3. The summed E-state index contributed by atoms with van der Waals surface area (Å²) in [4.78, 5) is 12.5. The lowest BCUT2D eigenvalue weighted by atomic mass is 10.1. The molecule has 5 nitrogen and oxygen atoms in total. The van der Waals surface area contributed by atoms with Crippen molar-refractivity contribution in [1.29, 1.82) is 0 Å². The van der Waals surface area contributed by atoms with E-state index in [2.05, 4.69) is 27.1 Å². The maximum atomic E-state index is 14.3. The molecule has 0 atom stereocenters. The van der Waals surface area contributed by atoms with Crippen molar-refractivity contribution in [2.24, 2.45) is 0 Å². The van der Waals surface area contributed by atoms with Crippen LogP contribution in [0.3, 0.4) is 0 Å². The van der Waals surface area contributed by atoms with Crippen LogP contribution in [0.15, 0.2) is 36.5 Å². The van der Waals surface area contributed by atoms with Crippen LogP contribution in [0.1, 0.15) is 11.3 Å². The summed E-state index contributed by atoms with van der Waals surface area (Å²) in [7, 11) is 2.15. The fourth-order valence-electron chi connectivity index (χ4n) is 3.48. The Bertz CT molecular complexity index is 912. The quantitative estimate of drug-likeness (QED) is 0.755. The van der Waals surface area contributed by atoms with E-state index >= 15 is 0 Å². The Morgan fingerprint density at radius 3 is 2.69 bits per heavy atom. The molecule has 1 saturated heterocycles. The van der Waals surface area contributed by atoms with Gasteiger partial charge >= 0.3 is 0 Å². The molecule has 136 valence electrons. The third-order valence-electron chi connectivity index (χ3n) is 5.14. The summed E-state index contributed by atoms with van der Waals surface area (Å²) >= 11 is 0. The Morgan fingerprint density at radius 2 is 1.92 bits per heavy atom. The molecule has 0 bridgehead atoms. The zero-order valence-corrected chi connectivity index (χ0v) is 15.2. The summed E-state index contributed by atoms with van der Waals surface area (Å²) in [5, 5.41) is 4.26. The molecule has 0 unspecified atom stereocenters. The molecule has 0 aliphatic carbocycles. The number of aromatic amines is 1. The Morgan fingerprint density at radius 1 is 1.12 bits per heavy atom. The van der Waals surface area contributed by atoms with Crippen LogP contribution in [0.25, 0.3) is 10.9 Å². The third-order valence-corrected chi connectivity index (χ3v) is 5.14. The van der Waals surface area contributed by atoms with Gasteiger partial charge in [-0.15, -0.1) is 0 Å². The highest BCUT2D eigenvalue weighted by Gasteiger charge is 2.16. The smallest absolute Gasteiger partial charge is 0.129 e. The van der Waals surface area contributed by atoms with Gasteiger partial charge in [0.1, 0.15) is 11.6 Å². The van der Waals surface area contributed by atoms with Gasteiger partial charge in [0.15, 0.2) is 0 Å². The van der Waals surface area contributed by atoms with Crippen LogP contribution in [0.5, 0.6) is 0 Å². The number of hydrogen-bond acceptors (Lipinski definition) is 4. The molecule has 3 heterocycles. The number of nitrogens with zero attached hydrogens (tertiary/aromatic N) is 3. The fraction of sp³-hybridized carbons (Fsp3) is 0.350. The van der Waals surface area contributed by atoms with Crippen molar-refractivity contribution in [3.8, 4) is 0 Å². The van der Waals surface area contributed by atoms with Crippen LogP contribution in [-0.4, -0.2) is 48.1 Å². The second-order valence-corrected chi connectivity index (χ2v) is 6.91. The average Bonchev–Trinajstić information content (AvgIpc) is 3.11. The van der Waals surface area contributed by atoms with Crippen molar-refractivity contribution < 1.29 is 4.39 Å². The summed E-state index contributed by atoms with van der Waals surface area (Å²) in [6, 6.07) is 9.29. The van der Waals surface area contributed by atoms with Crippen molar-refractivity contribution in [3.63, 3.8) is 0 Å². The first kappa shape index (κ1) is 16.8. The molecule has 3 aromatic rings. The molecule has 0 radical (unpaired) electrons. The van der Waals surface area contributed by atoms with Gasteiger partial charge in [-0.25, -0.2) is 9.37 Å². The predicted octanol–water partition coefficient (Wildman–Crippen LogP) is 3.37. The van der Waals surface area contributed by atoms with E-state index in [4.69, 9.17) is 4.98 Å². The maximum Gasteiger partial charge on any atom is 0.129 e. The summed E-state index contributed by atoms with van der Waals surface area (Å²) in [5.41, 5.74) is 3.49. The number of aromatic nitrogens is 2. The average molecular weight is 353 g/mol. The van der Waals surface area contributed by atoms with E-state index in [9.17, 15) is 4.39 Å². The van der Waals surface area contributed by atoms with E-state index in [1.807, 2.05) is 31.3 Å². The van der Waals surface area contributed by atoms with E-state index in [0.717, 1.165) is 54.3 Å². The van der Waals surface area contributed by atoms with Crippen LogP contribution in [0.2, 0.25) is 0 Å². The van der Waals surface area contributed by atoms with Gasteiger partial charge in [0.2, 0.25) is 0 Å². The number of rotatable bonds is 4. The molecule has 1 fully saturated rings. The molecular formula is C20H24FN5. The lowest BCUT2D eigenvalue weighted by Gasteiger charge is -2.33. The Labute approximate surface area is 152 Å². The molecule has 4 rings (SSSR count). The molecule has 0 spiro atoms. The van der Waals surface area contributed by atoms with Crippen molar-refractivity contribution in [1.82, 2.24) is 14.9 Å². The molecule has 1 aliphatic rings. The van der Waals surface area contributed by atoms with E-state index in [1.54, 1.807) is 6.07 Å². The molecule has 0 amide bonds. The van der Waals surface area contributed by atoms with Crippen molar-refractivity contribution in [2.75, 3.05) is 43.4 Å². The minimum absolute atomic E-state index is 0.190. The van der Waals surface area contributed by atoms with Crippen LogP contribution in [0.4, 0.5) is 15.9 Å². The van der Waals surface area contributed by atoms with Gasteiger partial charge in [0.05, 0.1) is 11.4 Å². The zero-order chi connectivity index (χ0) is 18.1. The lowest BCUT2D eigenvalue weighted by Crippen LogP contribution is -2.44. The molecule has 2 N–H and O–H groups in total. The van der Waals surface area contributed by atoms with Crippen LogP contribution in [0, 0.1) is 12.7 Å². The monoisotopic (exact) mass is 353 g/mol. The third kappa shape index (κ3) is 3.24. The molecule has 6 heteroatoms. The number of piperazine rings is 1. The van der Waals surface area contributed by atoms with Gasteiger partial charge in [-0.3, -0.25) is 0 Å². The van der Waals surface area contributed by atoms with Crippen LogP contribution in [-0.2, 0) is 6.54 Å². The van der Waals surface area contributed by atoms with Crippen molar-refractivity contribution >= 4 is 22.4 Å². The Hall–Kier alpha value is -2.60. The van der Waals surface area contributed by atoms with Crippen molar-refractivity contribution in [2.45, 2.75) is 13.5 Å². The number of benzene rings is 1. The number of H-pyrrole nitrogens is 1. The highest BCUT2D eigenvalue weighted by Crippen LogP contribution is 2.24. The number of nitrogens with one attached hydrogen (secondary N) is 2. The molecular weight excluding hydrogens is 329 g/mol. The molecule has 0 saturated carbocycles. The van der Waals surface area contributed by atoms with E-state index in [1.165, 1.54) is 6.07 Å². The number of aryl methyl sites for hydroxylation is 1. The highest BCUT2D eigenvalue weighted by atomic mass is 19.1. The topological polar surface area (TPSA) is 47.2 Å². The molecule has 2 aromatic heterocycles. The highest BCUT2D eigenvalue weighted by molar-refractivity contribution is 5.83. The van der Waals surface area contributed by atoms with Gasteiger partial charge in [0.25, 0.3) is 0 Å². The Balaban J connectivity index is 1.50. The SMILES string of the molecule is Cc1nc(N2CCN(C)CC2)ccc1NCc1c(F)ccc2[nH]ccc12. The van der Waals surface area contributed by atoms with E-state index in [-0.39, 0.29) is 5.82 Å². The minimum Gasteiger partial charge on any atom is -0.379 e. The van der Waals surface area contributed by atoms with Crippen LogP contribution < -0.4 is 10.2 Å². The molecule has 1 aliphatic heterocycles. The normalized spacial score (nSPS) is 15.6. The zero-order valence-electron chi connectivity index (χ0n) is 15.2. The lowest BCUT2D eigenvalue weighted by molar-refractivity contribution is 0.312. The van der Waals surface area contributed by atoms with Gasteiger partial charge in [-0.2, -0.15) is 0 Å². The van der Waals surface area contributed by atoms with Gasteiger partial charge in [-0.1, -0.05) is 0 Å². The second-order valence-electron chi connectivity index (χ2n) is 6.91.